The fourth-order valence-electron chi connectivity index (χ4n) is 3.13. The van der Waals surface area contributed by atoms with Gasteiger partial charge in [-0.05, 0) is 42.1 Å². The van der Waals surface area contributed by atoms with E-state index in [1.54, 1.807) is 49.9 Å². The molecule has 3 aromatic rings. The number of carbonyl (C=O) groups is 1. The molecular formula is C21H18N6O. The summed E-state index contributed by atoms with van der Waals surface area (Å²) in [7, 11) is 3.70. The van der Waals surface area contributed by atoms with Gasteiger partial charge in [-0.1, -0.05) is 6.08 Å². The second kappa shape index (κ2) is 7.00. The summed E-state index contributed by atoms with van der Waals surface area (Å²) >= 11 is 0. The molecule has 0 spiro atoms. The zero-order chi connectivity index (χ0) is 19.7. The van der Waals surface area contributed by atoms with Crippen LogP contribution in [0.3, 0.4) is 0 Å². The molecule has 3 heterocycles. The van der Waals surface area contributed by atoms with Gasteiger partial charge in [0.25, 0.3) is 5.91 Å². The highest BCUT2D eigenvalue weighted by molar-refractivity contribution is 6.04. The lowest BCUT2D eigenvalue weighted by molar-refractivity contribution is 0.0988. The van der Waals surface area contributed by atoms with Crippen LogP contribution < -0.4 is 4.90 Å². The largest absolute Gasteiger partial charge is 0.376 e. The third kappa shape index (κ3) is 3.12. The van der Waals surface area contributed by atoms with Crippen LogP contribution in [0.1, 0.15) is 21.7 Å². The Balaban J connectivity index is 1.68. The number of benzene rings is 1. The van der Waals surface area contributed by atoms with Crippen molar-refractivity contribution in [3.63, 3.8) is 0 Å². The summed E-state index contributed by atoms with van der Waals surface area (Å²) in [6.07, 6.45) is 11.2. The van der Waals surface area contributed by atoms with Crippen molar-refractivity contribution in [3.05, 3.63) is 78.2 Å². The Bertz CT molecular complexity index is 1150. The van der Waals surface area contributed by atoms with E-state index in [0.717, 1.165) is 17.8 Å². The van der Waals surface area contributed by atoms with Gasteiger partial charge in [-0.2, -0.15) is 5.26 Å². The number of imidazole rings is 1. The van der Waals surface area contributed by atoms with Crippen molar-refractivity contribution in [2.45, 2.75) is 0 Å². The Morgan fingerprint density at radius 2 is 2.00 bits per heavy atom. The fourth-order valence-corrected chi connectivity index (χ4v) is 3.13. The standard InChI is InChI=1S/C21H18N6O/c1-25-9-3-4-16(13-25)19-11-24-20-12-23-18(14-27(19)20)21(28)26(2)17-7-5-15(10-22)6-8-17/h3-9,11-12,14H,13H2,1-2H3. The Hall–Kier alpha value is -3.92. The maximum Gasteiger partial charge on any atom is 0.278 e. The summed E-state index contributed by atoms with van der Waals surface area (Å²) in [4.78, 5) is 25.2. The van der Waals surface area contributed by atoms with Crippen molar-refractivity contribution in [2.75, 3.05) is 25.5 Å². The number of aromatic nitrogens is 3. The van der Waals surface area contributed by atoms with E-state index in [1.165, 1.54) is 4.90 Å². The van der Waals surface area contributed by atoms with Crippen molar-refractivity contribution >= 4 is 22.8 Å². The highest BCUT2D eigenvalue weighted by Gasteiger charge is 2.18. The minimum atomic E-state index is -0.235. The molecule has 0 unspecified atom stereocenters. The van der Waals surface area contributed by atoms with Crippen LogP contribution in [-0.4, -0.2) is 45.8 Å². The molecule has 7 heteroatoms. The van der Waals surface area contributed by atoms with Gasteiger partial charge in [0.2, 0.25) is 0 Å². The average molecular weight is 370 g/mol. The van der Waals surface area contributed by atoms with Crippen molar-refractivity contribution in [1.82, 2.24) is 19.3 Å². The molecule has 0 saturated heterocycles. The van der Waals surface area contributed by atoms with Crippen LogP contribution in [0.15, 0.2) is 61.2 Å². The van der Waals surface area contributed by atoms with Crippen LogP contribution in [0, 0.1) is 11.3 Å². The number of likely N-dealkylation sites (N-methyl/N-ethyl adjacent to an activating group) is 1. The summed E-state index contributed by atoms with van der Waals surface area (Å²) in [5.74, 6) is -0.235. The van der Waals surface area contributed by atoms with Crippen LogP contribution in [0.2, 0.25) is 0 Å². The second-order valence-corrected chi connectivity index (χ2v) is 6.62. The zero-order valence-electron chi connectivity index (χ0n) is 15.6. The van der Waals surface area contributed by atoms with Crippen molar-refractivity contribution in [3.8, 4) is 6.07 Å². The first-order valence-electron chi connectivity index (χ1n) is 8.76. The number of allylic oxidation sites excluding steroid dienone is 2. The highest BCUT2D eigenvalue weighted by Crippen LogP contribution is 2.21. The normalized spacial score (nSPS) is 13.3. The number of nitrogens with zero attached hydrogens (tertiary/aromatic N) is 6. The maximum atomic E-state index is 12.9. The van der Waals surface area contributed by atoms with E-state index in [9.17, 15) is 4.79 Å². The Kier molecular flexibility index (Phi) is 4.38. The lowest BCUT2D eigenvalue weighted by atomic mass is 10.1. The summed E-state index contributed by atoms with van der Waals surface area (Å²) in [5.41, 5.74) is 4.29. The molecule has 7 nitrogen and oxygen atoms in total. The van der Waals surface area contributed by atoms with E-state index in [-0.39, 0.29) is 5.91 Å². The Morgan fingerprint density at radius 1 is 1.21 bits per heavy atom. The summed E-state index contributed by atoms with van der Waals surface area (Å²) in [6, 6.07) is 8.93. The first-order chi connectivity index (χ1) is 13.6. The minimum Gasteiger partial charge on any atom is -0.376 e. The number of rotatable bonds is 3. The molecule has 0 radical (unpaired) electrons. The fraction of sp³-hybridized carbons (Fsp3) is 0.143. The molecule has 0 N–H and O–H groups in total. The quantitative estimate of drug-likeness (QED) is 0.708. The smallest absolute Gasteiger partial charge is 0.278 e. The third-order valence-electron chi connectivity index (χ3n) is 4.69. The number of hydrogen-bond donors (Lipinski definition) is 0. The van der Waals surface area contributed by atoms with Gasteiger partial charge in [-0.15, -0.1) is 0 Å². The number of nitriles is 1. The van der Waals surface area contributed by atoms with Gasteiger partial charge in [0, 0.05) is 32.5 Å². The molecule has 2 aromatic heterocycles. The first kappa shape index (κ1) is 17.5. The molecule has 138 valence electrons. The topological polar surface area (TPSA) is 77.5 Å². The van der Waals surface area contributed by atoms with Gasteiger partial charge < -0.3 is 9.80 Å². The van der Waals surface area contributed by atoms with E-state index in [2.05, 4.69) is 20.9 Å². The molecule has 28 heavy (non-hydrogen) atoms. The molecule has 1 aliphatic heterocycles. The van der Waals surface area contributed by atoms with Gasteiger partial charge in [0.1, 0.15) is 5.69 Å². The van der Waals surface area contributed by atoms with Gasteiger partial charge >= 0.3 is 0 Å². The highest BCUT2D eigenvalue weighted by atomic mass is 16.2. The van der Waals surface area contributed by atoms with Crippen LogP contribution in [0.4, 0.5) is 5.69 Å². The van der Waals surface area contributed by atoms with E-state index in [0.29, 0.717) is 22.6 Å². The van der Waals surface area contributed by atoms with Crippen LogP contribution in [0.25, 0.3) is 11.2 Å². The Labute approximate surface area is 162 Å². The number of carbonyl (C=O) groups excluding carboxylic acids is 1. The first-order valence-corrected chi connectivity index (χ1v) is 8.76. The summed E-state index contributed by atoms with van der Waals surface area (Å²) < 4.78 is 1.89. The molecule has 0 saturated carbocycles. The van der Waals surface area contributed by atoms with Gasteiger partial charge in [0.15, 0.2) is 5.65 Å². The van der Waals surface area contributed by atoms with Gasteiger partial charge in [-0.25, -0.2) is 9.97 Å². The Morgan fingerprint density at radius 3 is 2.71 bits per heavy atom. The number of anilines is 1. The number of fused-ring (bicyclic) bond motifs is 1. The molecule has 1 amide bonds. The molecule has 0 bridgehead atoms. The molecule has 0 atom stereocenters. The SMILES string of the molecule is CN1C=CC=C(c2cnc3cnc(C(=O)N(C)c4ccc(C#N)cc4)cn23)C1. The molecule has 0 fully saturated rings. The molecule has 0 aliphatic carbocycles. The van der Waals surface area contributed by atoms with E-state index >= 15 is 0 Å². The maximum absolute atomic E-state index is 12.9. The van der Waals surface area contributed by atoms with Crippen LogP contribution in [-0.2, 0) is 0 Å². The van der Waals surface area contributed by atoms with Crippen molar-refractivity contribution in [2.24, 2.45) is 0 Å². The average Bonchev–Trinajstić information content (AvgIpc) is 3.16. The molecule has 4 rings (SSSR count). The lowest BCUT2D eigenvalue weighted by Crippen LogP contribution is -2.27. The van der Waals surface area contributed by atoms with E-state index in [4.69, 9.17) is 5.26 Å². The number of amides is 1. The molecular weight excluding hydrogens is 352 g/mol. The summed E-state index contributed by atoms with van der Waals surface area (Å²) in [6.45, 7) is 0.765. The minimum absolute atomic E-state index is 0.235. The van der Waals surface area contributed by atoms with Gasteiger partial charge in [0.05, 0.1) is 29.7 Å². The predicted molar refractivity (Wildman–Crippen MR) is 107 cm³/mol. The van der Waals surface area contributed by atoms with Crippen molar-refractivity contribution in [1.29, 1.82) is 5.26 Å². The van der Waals surface area contributed by atoms with E-state index in [1.807, 2.05) is 29.8 Å². The monoisotopic (exact) mass is 370 g/mol. The third-order valence-corrected chi connectivity index (χ3v) is 4.69. The zero-order valence-corrected chi connectivity index (χ0v) is 15.6. The number of hydrogen-bond acceptors (Lipinski definition) is 5. The van der Waals surface area contributed by atoms with Crippen LogP contribution in [0.5, 0.6) is 0 Å². The lowest BCUT2D eigenvalue weighted by Gasteiger charge is -2.20. The predicted octanol–water partition coefficient (Wildman–Crippen LogP) is 2.72. The molecule has 1 aromatic carbocycles. The van der Waals surface area contributed by atoms with Crippen LogP contribution >= 0.6 is 0 Å². The second-order valence-electron chi connectivity index (χ2n) is 6.62. The molecule has 1 aliphatic rings. The van der Waals surface area contributed by atoms with E-state index < -0.39 is 0 Å². The summed E-state index contributed by atoms with van der Waals surface area (Å²) in [5, 5.41) is 8.92. The van der Waals surface area contributed by atoms with Gasteiger partial charge in [-0.3, -0.25) is 9.20 Å². The van der Waals surface area contributed by atoms with Crippen molar-refractivity contribution < 1.29 is 4.79 Å².